The number of rotatable bonds is 8. The van der Waals surface area contributed by atoms with Crippen molar-refractivity contribution < 1.29 is 29.7 Å². The normalized spacial score (nSPS) is 11.9. The first kappa shape index (κ1) is 17.0. The van der Waals surface area contributed by atoms with Gasteiger partial charge in [-0.2, -0.15) is 12.6 Å². The summed E-state index contributed by atoms with van der Waals surface area (Å²) >= 11 is 4.03. The average molecular weight is 312 g/mol. The lowest BCUT2D eigenvalue weighted by Crippen LogP contribution is -2.17. The van der Waals surface area contributed by atoms with E-state index >= 15 is 0 Å². The first-order valence-corrected chi connectivity index (χ1v) is 6.93. The Morgan fingerprint density at radius 3 is 2.14 bits per heavy atom. The van der Waals surface area contributed by atoms with Gasteiger partial charge < -0.3 is 15.3 Å². The van der Waals surface area contributed by atoms with Crippen LogP contribution >= 0.6 is 12.6 Å². The molecule has 21 heavy (non-hydrogen) atoms. The summed E-state index contributed by atoms with van der Waals surface area (Å²) in [5.74, 6) is -3.71. The van der Waals surface area contributed by atoms with Crippen LogP contribution in [0.25, 0.3) is 0 Å². The van der Waals surface area contributed by atoms with Crippen LogP contribution in [0.15, 0.2) is 18.2 Å². The SMILES string of the molecule is O=C(O)c1ccc(CC(CCCS)C(=O)O)cc1C(=O)O. The van der Waals surface area contributed by atoms with Crippen LogP contribution in [-0.2, 0) is 11.2 Å². The molecule has 0 radical (unpaired) electrons. The Balaban J connectivity index is 3.02. The molecule has 0 fully saturated rings. The van der Waals surface area contributed by atoms with Crippen molar-refractivity contribution in [1.82, 2.24) is 0 Å². The van der Waals surface area contributed by atoms with E-state index in [1.54, 1.807) is 0 Å². The van der Waals surface area contributed by atoms with Crippen LogP contribution in [0.5, 0.6) is 0 Å². The lowest BCUT2D eigenvalue weighted by molar-refractivity contribution is -0.141. The highest BCUT2D eigenvalue weighted by atomic mass is 32.1. The molecule has 0 amide bonds. The molecule has 7 heteroatoms. The van der Waals surface area contributed by atoms with Gasteiger partial charge in [-0.1, -0.05) is 6.07 Å². The molecule has 1 unspecified atom stereocenters. The third kappa shape index (κ3) is 4.78. The predicted molar refractivity (Wildman–Crippen MR) is 78.3 cm³/mol. The standard InChI is InChI=1S/C14H16O6S/c15-12(16)9(2-1-5-21)6-8-3-4-10(13(17)18)11(7-8)14(19)20/h3-4,7,9,21H,1-2,5-6H2,(H,15,16)(H,17,18)(H,19,20). The minimum absolute atomic E-state index is 0.156. The molecule has 6 nitrogen and oxygen atoms in total. The van der Waals surface area contributed by atoms with Crippen molar-refractivity contribution in [3.8, 4) is 0 Å². The van der Waals surface area contributed by atoms with Crippen LogP contribution < -0.4 is 0 Å². The Morgan fingerprint density at radius 2 is 1.67 bits per heavy atom. The number of carboxylic acid groups (broad SMARTS) is 3. The third-order valence-electron chi connectivity index (χ3n) is 3.09. The van der Waals surface area contributed by atoms with E-state index in [4.69, 9.17) is 15.3 Å². The molecule has 0 aliphatic rings. The van der Waals surface area contributed by atoms with Gasteiger partial charge in [-0.05, 0) is 42.7 Å². The average Bonchev–Trinajstić information content (AvgIpc) is 2.42. The molecule has 0 aliphatic heterocycles. The number of carbonyl (C=O) groups is 3. The van der Waals surface area contributed by atoms with E-state index < -0.39 is 23.8 Å². The zero-order chi connectivity index (χ0) is 16.0. The zero-order valence-electron chi connectivity index (χ0n) is 11.2. The fourth-order valence-corrected chi connectivity index (χ4v) is 2.20. The molecule has 0 saturated carbocycles. The molecular weight excluding hydrogens is 296 g/mol. The Labute approximate surface area is 126 Å². The highest BCUT2D eigenvalue weighted by molar-refractivity contribution is 7.80. The van der Waals surface area contributed by atoms with Gasteiger partial charge in [0.05, 0.1) is 17.0 Å². The topological polar surface area (TPSA) is 112 Å². The molecule has 1 aromatic rings. The molecule has 1 rings (SSSR count). The molecular formula is C14H16O6S. The van der Waals surface area contributed by atoms with Gasteiger partial charge in [0.1, 0.15) is 0 Å². The summed E-state index contributed by atoms with van der Waals surface area (Å²) in [5, 5.41) is 27.1. The van der Waals surface area contributed by atoms with Crippen molar-refractivity contribution in [3.05, 3.63) is 34.9 Å². The summed E-state index contributed by atoms with van der Waals surface area (Å²) in [6.45, 7) is 0. The molecule has 114 valence electrons. The first-order chi connectivity index (χ1) is 9.86. The second-order valence-corrected chi connectivity index (χ2v) is 5.04. The summed E-state index contributed by atoms with van der Waals surface area (Å²) in [6.07, 6.45) is 1.23. The zero-order valence-corrected chi connectivity index (χ0v) is 12.0. The van der Waals surface area contributed by atoms with E-state index in [-0.39, 0.29) is 17.5 Å². The van der Waals surface area contributed by atoms with Crippen molar-refractivity contribution in [3.63, 3.8) is 0 Å². The summed E-state index contributed by atoms with van der Waals surface area (Å²) in [6, 6.07) is 3.87. The van der Waals surface area contributed by atoms with Crippen LogP contribution in [0, 0.1) is 5.92 Å². The van der Waals surface area contributed by atoms with Gasteiger partial charge in [0, 0.05) is 0 Å². The van der Waals surface area contributed by atoms with Gasteiger partial charge in [0.2, 0.25) is 0 Å². The van der Waals surface area contributed by atoms with Crippen molar-refractivity contribution in [2.75, 3.05) is 5.75 Å². The van der Waals surface area contributed by atoms with Crippen LogP contribution in [0.2, 0.25) is 0 Å². The number of hydrogen-bond acceptors (Lipinski definition) is 4. The number of thiol groups is 1. The number of aliphatic carboxylic acids is 1. The maximum atomic E-state index is 11.2. The van der Waals surface area contributed by atoms with Crippen LogP contribution in [0.3, 0.4) is 0 Å². The van der Waals surface area contributed by atoms with Crippen LogP contribution in [0.1, 0.15) is 39.1 Å². The number of carboxylic acids is 3. The largest absolute Gasteiger partial charge is 0.481 e. The number of benzene rings is 1. The first-order valence-electron chi connectivity index (χ1n) is 6.30. The molecule has 0 aromatic heterocycles. The van der Waals surface area contributed by atoms with E-state index in [1.165, 1.54) is 18.2 Å². The lowest BCUT2D eigenvalue weighted by Gasteiger charge is -2.12. The van der Waals surface area contributed by atoms with Crippen LogP contribution in [0.4, 0.5) is 0 Å². The monoisotopic (exact) mass is 312 g/mol. The lowest BCUT2D eigenvalue weighted by atomic mass is 9.93. The van der Waals surface area contributed by atoms with Gasteiger partial charge >= 0.3 is 17.9 Å². The van der Waals surface area contributed by atoms with Gasteiger partial charge in [-0.15, -0.1) is 0 Å². The number of hydrogen-bond donors (Lipinski definition) is 4. The van der Waals surface area contributed by atoms with E-state index in [2.05, 4.69) is 12.6 Å². The molecule has 0 aliphatic carbocycles. The summed E-state index contributed by atoms with van der Waals surface area (Å²) in [7, 11) is 0. The van der Waals surface area contributed by atoms with Crippen molar-refractivity contribution in [2.45, 2.75) is 19.3 Å². The Kier molecular flexibility index (Phi) is 6.23. The Hall–Kier alpha value is -2.02. The van der Waals surface area contributed by atoms with Crippen molar-refractivity contribution in [1.29, 1.82) is 0 Å². The fourth-order valence-electron chi connectivity index (χ4n) is 2.02. The molecule has 1 aromatic carbocycles. The highest BCUT2D eigenvalue weighted by Gasteiger charge is 2.20. The van der Waals surface area contributed by atoms with Crippen molar-refractivity contribution >= 4 is 30.5 Å². The summed E-state index contributed by atoms with van der Waals surface area (Å²) in [4.78, 5) is 33.2. The predicted octanol–water partition coefficient (Wildman–Crippen LogP) is 2.04. The van der Waals surface area contributed by atoms with Gasteiger partial charge in [0.25, 0.3) is 0 Å². The van der Waals surface area contributed by atoms with E-state index in [0.29, 0.717) is 24.2 Å². The molecule has 1 atom stereocenters. The Bertz CT molecular complexity index is 554. The number of aromatic carboxylic acids is 2. The van der Waals surface area contributed by atoms with Gasteiger partial charge in [-0.3, -0.25) is 4.79 Å². The van der Waals surface area contributed by atoms with E-state index in [0.717, 1.165) is 0 Å². The maximum absolute atomic E-state index is 11.2. The quantitative estimate of drug-likeness (QED) is 0.546. The fraction of sp³-hybridized carbons (Fsp3) is 0.357. The van der Waals surface area contributed by atoms with Gasteiger partial charge in [0.15, 0.2) is 0 Å². The van der Waals surface area contributed by atoms with E-state index in [9.17, 15) is 14.4 Å². The smallest absolute Gasteiger partial charge is 0.336 e. The van der Waals surface area contributed by atoms with Crippen LogP contribution in [-0.4, -0.2) is 39.0 Å². The minimum atomic E-state index is -1.35. The highest BCUT2D eigenvalue weighted by Crippen LogP contribution is 2.19. The molecule has 0 spiro atoms. The van der Waals surface area contributed by atoms with Gasteiger partial charge in [-0.25, -0.2) is 9.59 Å². The summed E-state index contributed by atoms with van der Waals surface area (Å²) in [5.41, 5.74) is -0.157. The Morgan fingerprint density at radius 1 is 1.05 bits per heavy atom. The van der Waals surface area contributed by atoms with Crippen molar-refractivity contribution in [2.24, 2.45) is 5.92 Å². The molecule has 3 N–H and O–H groups in total. The second-order valence-electron chi connectivity index (χ2n) is 4.60. The van der Waals surface area contributed by atoms with E-state index in [1.807, 2.05) is 0 Å². The molecule has 0 saturated heterocycles. The third-order valence-corrected chi connectivity index (χ3v) is 3.40. The second kappa shape index (κ2) is 7.68. The summed E-state index contributed by atoms with van der Waals surface area (Å²) < 4.78 is 0. The molecule has 0 bridgehead atoms. The minimum Gasteiger partial charge on any atom is -0.481 e. The maximum Gasteiger partial charge on any atom is 0.336 e. The molecule has 0 heterocycles.